The van der Waals surface area contributed by atoms with Gasteiger partial charge < -0.3 is 20.2 Å². The molecule has 1 heterocycles. The minimum atomic E-state index is -0.657. The molecule has 0 fully saturated rings. The Hall–Kier alpha value is -3.48. The van der Waals surface area contributed by atoms with Crippen LogP contribution in [0.15, 0.2) is 83.5 Å². The topological polar surface area (TPSA) is 77.5 Å². The van der Waals surface area contributed by atoms with Crippen LogP contribution in [-0.4, -0.2) is 18.6 Å². The fourth-order valence-electron chi connectivity index (χ4n) is 4.08. The first kappa shape index (κ1) is 24.6. The highest BCUT2D eigenvalue weighted by Crippen LogP contribution is 2.20. The number of carbonyl (C=O) groups is 1. The molecule has 0 aliphatic heterocycles. The van der Waals surface area contributed by atoms with Crippen LogP contribution in [0.3, 0.4) is 0 Å². The van der Waals surface area contributed by atoms with Crippen LogP contribution in [0, 0.1) is 5.82 Å². The standard InChI is InChI=1S/C29H31FN2O3/c30-25-14-12-23(13-15-25)19-34-28(29(31)33)7-3-4-21-8-10-22(11-9-21)18-32-17-16-24-20-35-27-6-2-1-5-26(24)27/h1-2,5-6,8-15,20,28,32H,3-4,7,16-19H2,(H2,31,33). The normalized spacial score (nSPS) is 12.1. The van der Waals surface area contributed by atoms with E-state index in [1.165, 1.54) is 34.2 Å². The molecular formula is C29H31FN2O3. The molecule has 1 aromatic heterocycles. The van der Waals surface area contributed by atoms with Crippen LogP contribution in [0.2, 0.25) is 0 Å². The maximum Gasteiger partial charge on any atom is 0.246 e. The number of nitrogens with two attached hydrogens (primary N) is 1. The Morgan fingerprint density at radius 2 is 1.66 bits per heavy atom. The summed E-state index contributed by atoms with van der Waals surface area (Å²) in [6.45, 7) is 1.90. The summed E-state index contributed by atoms with van der Waals surface area (Å²) < 4.78 is 24.3. The molecule has 0 saturated carbocycles. The quantitative estimate of drug-likeness (QED) is 0.258. The van der Waals surface area contributed by atoms with Crippen molar-refractivity contribution in [3.05, 3.63) is 107 Å². The molecule has 182 valence electrons. The Morgan fingerprint density at radius 1 is 0.943 bits per heavy atom. The van der Waals surface area contributed by atoms with Gasteiger partial charge in [-0.2, -0.15) is 0 Å². The van der Waals surface area contributed by atoms with Gasteiger partial charge in [-0.15, -0.1) is 0 Å². The van der Waals surface area contributed by atoms with Crippen LogP contribution < -0.4 is 11.1 Å². The molecule has 35 heavy (non-hydrogen) atoms. The maximum atomic E-state index is 13.0. The van der Waals surface area contributed by atoms with Gasteiger partial charge in [0.1, 0.15) is 17.5 Å². The summed E-state index contributed by atoms with van der Waals surface area (Å²) in [6, 6.07) is 22.6. The van der Waals surface area contributed by atoms with E-state index in [4.69, 9.17) is 14.9 Å². The molecule has 3 N–H and O–H groups in total. The Bertz CT molecular complexity index is 1220. The van der Waals surface area contributed by atoms with E-state index >= 15 is 0 Å². The Morgan fingerprint density at radius 3 is 2.43 bits per heavy atom. The van der Waals surface area contributed by atoms with Gasteiger partial charge in [0.25, 0.3) is 0 Å². The lowest BCUT2D eigenvalue weighted by atomic mass is 10.0. The minimum Gasteiger partial charge on any atom is -0.464 e. The first-order chi connectivity index (χ1) is 17.1. The van der Waals surface area contributed by atoms with E-state index in [1.54, 1.807) is 12.1 Å². The molecule has 0 aliphatic carbocycles. The highest BCUT2D eigenvalue weighted by molar-refractivity contribution is 5.80. The van der Waals surface area contributed by atoms with Gasteiger partial charge in [0.15, 0.2) is 0 Å². The Labute approximate surface area is 205 Å². The number of halogens is 1. The molecule has 4 aromatic rings. The number of carbonyl (C=O) groups excluding carboxylic acids is 1. The average Bonchev–Trinajstić information content (AvgIpc) is 3.28. The fraction of sp³-hybridized carbons (Fsp3) is 0.276. The van der Waals surface area contributed by atoms with Gasteiger partial charge in [-0.1, -0.05) is 54.6 Å². The molecule has 1 atom stereocenters. The first-order valence-corrected chi connectivity index (χ1v) is 12.0. The number of benzene rings is 3. The lowest BCUT2D eigenvalue weighted by Gasteiger charge is -2.15. The maximum absolute atomic E-state index is 13.0. The number of ether oxygens (including phenoxy) is 1. The van der Waals surface area contributed by atoms with Crippen LogP contribution in [-0.2, 0) is 35.5 Å². The van der Waals surface area contributed by atoms with Crippen LogP contribution in [0.4, 0.5) is 4.39 Å². The highest BCUT2D eigenvalue weighted by Gasteiger charge is 2.16. The Balaban J connectivity index is 1.16. The van der Waals surface area contributed by atoms with Gasteiger partial charge in [0.2, 0.25) is 5.91 Å². The predicted molar refractivity (Wildman–Crippen MR) is 135 cm³/mol. The van der Waals surface area contributed by atoms with E-state index in [2.05, 4.69) is 35.6 Å². The summed E-state index contributed by atoms with van der Waals surface area (Å²) in [7, 11) is 0. The molecule has 0 spiro atoms. The van der Waals surface area contributed by atoms with Gasteiger partial charge in [-0.25, -0.2) is 4.39 Å². The molecule has 6 heteroatoms. The van der Waals surface area contributed by atoms with Gasteiger partial charge >= 0.3 is 0 Å². The number of nitrogens with one attached hydrogen (secondary N) is 1. The average molecular weight is 475 g/mol. The molecule has 4 rings (SSSR count). The fourth-order valence-corrected chi connectivity index (χ4v) is 4.08. The summed E-state index contributed by atoms with van der Waals surface area (Å²) >= 11 is 0. The van der Waals surface area contributed by atoms with E-state index < -0.39 is 12.0 Å². The van der Waals surface area contributed by atoms with Crippen LogP contribution in [0.25, 0.3) is 11.0 Å². The summed E-state index contributed by atoms with van der Waals surface area (Å²) in [5.74, 6) is -0.776. The van der Waals surface area contributed by atoms with Crippen molar-refractivity contribution < 1.29 is 18.3 Å². The first-order valence-electron chi connectivity index (χ1n) is 12.0. The summed E-state index contributed by atoms with van der Waals surface area (Å²) in [5.41, 5.74) is 10.9. The second-order valence-corrected chi connectivity index (χ2v) is 8.72. The molecule has 0 bridgehead atoms. The number of rotatable bonds is 13. The lowest BCUT2D eigenvalue weighted by molar-refractivity contribution is -0.130. The van der Waals surface area contributed by atoms with Crippen molar-refractivity contribution in [2.45, 2.75) is 44.9 Å². The number of primary amides is 1. The highest BCUT2D eigenvalue weighted by atomic mass is 19.1. The Kier molecular flexibility index (Phi) is 8.65. The van der Waals surface area contributed by atoms with Gasteiger partial charge in [0, 0.05) is 11.9 Å². The molecule has 1 unspecified atom stereocenters. The number of furan rings is 1. The van der Waals surface area contributed by atoms with E-state index in [0.29, 0.717) is 6.42 Å². The van der Waals surface area contributed by atoms with Crippen LogP contribution in [0.1, 0.15) is 35.1 Å². The van der Waals surface area contributed by atoms with Gasteiger partial charge in [-0.05, 0) is 72.7 Å². The largest absolute Gasteiger partial charge is 0.464 e. The van der Waals surface area contributed by atoms with E-state index in [0.717, 1.165) is 43.5 Å². The zero-order valence-electron chi connectivity index (χ0n) is 19.7. The van der Waals surface area contributed by atoms with Crippen molar-refractivity contribution in [3.8, 4) is 0 Å². The summed E-state index contributed by atoms with van der Waals surface area (Å²) in [5, 5.41) is 4.67. The molecule has 1 amide bonds. The number of para-hydroxylation sites is 1. The van der Waals surface area contributed by atoms with Crippen LogP contribution >= 0.6 is 0 Å². The third kappa shape index (κ3) is 7.25. The molecule has 3 aromatic carbocycles. The van der Waals surface area contributed by atoms with Crippen molar-refractivity contribution in [2.24, 2.45) is 5.73 Å². The van der Waals surface area contributed by atoms with Gasteiger partial charge in [0.05, 0.1) is 12.9 Å². The number of hydrogen-bond donors (Lipinski definition) is 2. The van der Waals surface area contributed by atoms with Crippen molar-refractivity contribution in [1.29, 1.82) is 0 Å². The molecule has 0 saturated heterocycles. The molecule has 0 aliphatic rings. The van der Waals surface area contributed by atoms with Crippen LogP contribution in [0.5, 0.6) is 0 Å². The second-order valence-electron chi connectivity index (χ2n) is 8.72. The van der Waals surface area contributed by atoms with Crippen molar-refractivity contribution >= 4 is 16.9 Å². The SMILES string of the molecule is NC(=O)C(CCCc1ccc(CNCCc2coc3ccccc23)cc1)OCc1ccc(F)cc1. The third-order valence-corrected chi connectivity index (χ3v) is 6.10. The summed E-state index contributed by atoms with van der Waals surface area (Å²) in [6.07, 6.45) is 4.27. The second kappa shape index (κ2) is 12.3. The van der Waals surface area contributed by atoms with E-state index in [-0.39, 0.29) is 12.4 Å². The predicted octanol–water partition coefficient (Wildman–Crippen LogP) is 5.30. The number of fused-ring (bicyclic) bond motifs is 1. The monoisotopic (exact) mass is 474 g/mol. The van der Waals surface area contributed by atoms with Crippen molar-refractivity contribution in [1.82, 2.24) is 5.32 Å². The van der Waals surface area contributed by atoms with Crippen molar-refractivity contribution in [3.63, 3.8) is 0 Å². The number of amides is 1. The number of aryl methyl sites for hydroxylation is 1. The van der Waals surface area contributed by atoms with E-state index in [9.17, 15) is 9.18 Å². The van der Waals surface area contributed by atoms with E-state index in [1.807, 2.05) is 24.5 Å². The lowest BCUT2D eigenvalue weighted by Crippen LogP contribution is -2.31. The molecular weight excluding hydrogens is 443 g/mol. The number of hydrogen-bond acceptors (Lipinski definition) is 4. The third-order valence-electron chi connectivity index (χ3n) is 6.10. The zero-order valence-corrected chi connectivity index (χ0v) is 19.7. The molecule has 0 radical (unpaired) electrons. The smallest absolute Gasteiger partial charge is 0.246 e. The zero-order chi connectivity index (χ0) is 24.5. The summed E-state index contributed by atoms with van der Waals surface area (Å²) in [4.78, 5) is 11.8. The van der Waals surface area contributed by atoms with Crippen molar-refractivity contribution in [2.75, 3.05) is 6.54 Å². The van der Waals surface area contributed by atoms with Gasteiger partial charge in [-0.3, -0.25) is 4.79 Å². The molecule has 5 nitrogen and oxygen atoms in total. The minimum absolute atomic E-state index is 0.229.